The molecule has 2 aliphatic carbocycles. The fourth-order valence-electron chi connectivity index (χ4n) is 8.30. The number of rotatable bonds is 7. The van der Waals surface area contributed by atoms with E-state index in [0.717, 1.165) is 39.8 Å². The standard InChI is InChI=1S/C40H52N6O6S.5H2S/c1-7-45-33-13-12-24-18-28(33)29(36(45)27-10-8-14-41-35(27)23(2)50-5)20-40(3,4)22-52-39(49)30-11-9-15-46(44-30)38(48)31(19-34-42-32(24)21-53-34)43-37(47)25-16-26(17-25)51-6;;;;;/h8,10,12-14,18,21,23,25-26,28,30-31,33,44H,7,9,11,15-17,19-20,22H2,1-6H3,(H,43,47);5*1H2/t23-,25?,26?,28?,30-,31-,33?;;;;;/m0...../s1. The summed E-state index contributed by atoms with van der Waals surface area (Å²) < 4.78 is 17.3. The molecule has 2 aromatic heterocycles. The minimum Gasteiger partial charge on any atom is -0.464 e. The number of allylic oxidation sites excluding steroid dienone is 2. The second-order valence-corrected chi connectivity index (χ2v) is 16.6. The largest absolute Gasteiger partial charge is 0.464 e. The van der Waals surface area contributed by atoms with Crippen molar-refractivity contribution in [3.63, 3.8) is 0 Å². The highest BCUT2D eigenvalue weighted by molar-refractivity contribution is 7.60. The molecule has 18 heteroatoms. The number of hydrogen-bond donors (Lipinski definition) is 2. The zero-order chi connectivity index (χ0) is 37.4. The van der Waals surface area contributed by atoms with Gasteiger partial charge in [-0.2, -0.15) is 67.5 Å². The fourth-order valence-corrected chi connectivity index (χ4v) is 9.15. The number of nitrogens with one attached hydrogen (secondary N) is 2. The number of thiazole rings is 1. The predicted molar refractivity (Wildman–Crippen MR) is 254 cm³/mol. The lowest BCUT2D eigenvalue weighted by atomic mass is 9.78. The van der Waals surface area contributed by atoms with Crippen molar-refractivity contribution in [1.29, 1.82) is 0 Å². The molecule has 6 bridgehead atoms. The molecule has 1 saturated carbocycles. The Hall–Kier alpha value is -2.16. The van der Waals surface area contributed by atoms with Gasteiger partial charge in [-0.1, -0.05) is 32.1 Å². The predicted octanol–water partition coefficient (Wildman–Crippen LogP) is 5.42. The van der Waals surface area contributed by atoms with Crippen LogP contribution in [0.5, 0.6) is 0 Å². The van der Waals surface area contributed by atoms with Gasteiger partial charge < -0.3 is 24.4 Å². The number of fused-ring (bicyclic) bond motifs is 5. The van der Waals surface area contributed by atoms with Gasteiger partial charge in [-0.25, -0.2) is 10.4 Å². The van der Waals surface area contributed by atoms with Crippen molar-refractivity contribution in [3.05, 3.63) is 69.5 Å². The first-order valence-electron chi connectivity index (χ1n) is 18.9. The maximum absolute atomic E-state index is 14.1. The van der Waals surface area contributed by atoms with Gasteiger partial charge in [0, 0.05) is 73.8 Å². The van der Waals surface area contributed by atoms with Crippen molar-refractivity contribution in [2.75, 3.05) is 33.9 Å². The summed E-state index contributed by atoms with van der Waals surface area (Å²) in [6, 6.07) is 2.67. The third-order valence-electron chi connectivity index (χ3n) is 11.4. The minimum atomic E-state index is -0.850. The van der Waals surface area contributed by atoms with Gasteiger partial charge in [0.25, 0.3) is 5.91 Å². The highest BCUT2D eigenvalue weighted by Gasteiger charge is 2.43. The normalized spacial score (nSPS) is 26.6. The van der Waals surface area contributed by atoms with Crippen LogP contribution in [0.25, 0.3) is 11.3 Å². The van der Waals surface area contributed by atoms with Crippen molar-refractivity contribution in [1.82, 2.24) is 30.6 Å². The molecular weight excluding hydrogens is 853 g/mol. The maximum Gasteiger partial charge on any atom is 0.324 e. The number of nitrogens with zero attached hydrogens (tertiary/aromatic N) is 4. The zero-order valence-electron chi connectivity index (χ0n) is 34.1. The molecule has 2 N–H and O–H groups in total. The van der Waals surface area contributed by atoms with Crippen LogP contribution < -0.4 is 10.7 Å². The van der Waals surface area contributed by atoms with Gasteiger partial charge in [-0.3, -0.25) is 24.4 Å². The van der Waals surface area contributed by atoms with Crippen LogP contribution in [-0.4, -0.2) is 95.8 Å². The van der Waals surface area contributed by atoms with Crippen molar-refractivity contribution in [3.8, 4) is 0 Å². The van der Waals surface area contributed by atoms with E-state index in [2.05, 4.69) is 60.7 Å². The average Bonchev–Trinajstić information content (AvgIpc) is 3.73. The second-order valence-electron chi connectivity index (χ2n) is 15.7. The number of cyclic esters (lactones) is 1. The molecule has 7 rings (SSSR count). The first-order chi connectivity index (χ1) is 25.5. The molecule has 5 atom stereocenters. The molecule has 2 aromatic rings. The van der Waals surface area contributed by atoms with Gasteiger partial charge in [0.15, 0.2) is 0 Å². The molecule has 58 heavy (non-hydrogen) atoms. The smallest absolute Gasteiger partial charge is 0.324 e. The van der Waals surface area contributed by atoms with E-state index in [0.29, 0.717) is 38.6 Å². The molecule has 2 amide bonds. The Labute approximate surface area is 382 Å². The third-order valence-corrected chi connectivity index (χ3v) is 12.2. The Morgan fingerprint density at radius 2 is 1.90 bits per heavy atom. The monoisotopic (exact) mass is 914 g/mol. The molecule has 0 spiro atoms. The van der Waals surface area contributed by atoms with Gasteiger partial charge in [0.2, 0.25) is 5.91 Å². The van der Waals surface area contributed by atoms with Crippen LogP contribution in [0.2, 0.25) is 0 Å². The lowest BCUT2D eigenvalue weighted by Gasteiger charge is -2.37. The van der Waals surface area contributed by atoms with Crippen LogP contribution in [0.4, 0.5) is 0 Å². The van der Waals surface area contributed by atoms with Gasteiger partial charge in [-0.05, 0) is 69.2 Å². The summed E-state index contributed by atoms with van der Waals surface area (Å²) in [5.74, 6) is -1.01. The number of amides is 2. The third kappa shape index (κ3) is 10.8. The van der Waals surface area contributed by atoms with Crippen molar-refractivity contribution >= 4 is 108 Å². The Balaban J connectivity index is 0.00000232. The Morgan fingerprint density at radius 3 is 2.59 bits per heavy atom. The molecule has 5 aliphatic rings. The summed E-state index contributed by atoms with van der Waals surface area (Å²) in [5.41, 5.74) is 8.93. The quantitative estimate of drug-likeness (QED) is 0.348. The van der Waals surface area contributed by atoms with E-state index in [4.69, 9.17) is 24.2 Å². The minimum absolute atomic E-state index is 0. The topological polar surface area (TPSA) is 135 Å². The first kappa shape index (κ1) is 52.0. The summed E-state index contributed by atoms with van der Waals surface area (Å²) in [6.45, 7) is 9.89. The molecule has 0 aromatic carbocycles. The molecule has 2 fully saturated rings. The molecule has 3 aliphatic heterocycles. The number of likely N-dealkylation sites (N-methyl/N-ethyl adjacent to an activating group) is 1. The van der Waals surface area contributed by atoms with Gasteiger partial charge in [0.05, 0.1) is 41.3 Å². The van der Waals surface area contributed by atoms with Crippen molar-refractivity contribution in [2.24, 2.45) is 17.3 Å². The number of aromatic nitrogens is 2. The van der Waals surface area contributed by atoms with E-state index in [1.54, 1.807) is 14.2 Å². The average molecular weight is 915 g/mol. The van der Waals surface area contributed by atoms with Crippen molar-refractivity contribution < 1.29 is 28.6 Å². The molecule has 1 saturated heterocycles. The van der Waals surface area contributed by atoms with Crippen LogP contribution in [0.15, 0.2) is 47.5 Å². The lowest BCUT2D eigenvalue weighted by Crippen LogP contribution is -2.61. The number of carbonyl (C=O) groups is 3. The maximum atomic E-state index is 14.1. The van der Waals surface area contributed by atoms with Crippen molar-refractivity contribution in [2.45, 2.75) is 96.6 Å². The molecule has 12 nitrogen and oxygen atoms in total. The van der Waals surface area contributed by atoms with E-state index in [1.807, 2.05) is 24.6 Å². The SMILES string of the molecule is CCN1C(c2cccnc2[C@H](C)OC)=C2CC(C)(C)COC(=O)[C@@H]3CCCN(N3)C(=O)[C@@H](NC(=O)C3CC(OC)C3)Cc3nc(cs3)C3=CC2C1C=C3.S.S.S.S.S. The number of hydrazine groups is 1. The second kappa shape index (κ2) is 22.1. The van der Waals surface area contributed by atoms with E-state index < -0.39 is 17.5 Å². The summed E-state index contributed by atoms with van der Waals surface area (Å²) in [6.07, 6.45) is 11.8. The van der Waals surface area contributed by atoms with E-state index in [-0.39, 0.29) is 128 Å². The number of pyridine rings is 1. The molecular formula is C40H62N6O6S6. The number of ether oxygens (including phenoxy) is 3. The fraction of sp³-hybridized carbons (Fsp3) is 0.575. The Morgan fingerprint density at radius 1 is 1.16 bits per heavy atom. The first-order valence-corrected chi connectivity index (χ1v) is 19.8. The zero-order valence-corrected chi connectivity index (χ0v) is 39.9. The summed E-state index contributed by atoms with van der Waals surface area (Å²) >= 11 is 1.49. The number of methoxy groups -OCH3 is 2. The van der Waals surface area contributed by atoms with Crippen LogP contribution in [-0.2, 0) is 35.0 Å². The highest BCUT2D eigenvalue weighted by Crippen LogP contribution is 2.49. The number of hydrogen-bond acceptors (Lipinski definition) is 11. The Kier molecular flexibility index (Phi) is 19.8. The highest BCUT2D eigenvalue weighted by atomic mass is 32.1. The summed E-state index contributed by atoms with van der Waals surface area (Å²) in [4.78, 5) is 53.4. The molecule has 2 unspecified atom stereocenters. The van der Waals surface area contributed by atoms with Gasteiger partial charge >= 0.3 is 5.97 Å². The van der Waals surface area contributed by atoms with E-state index in [9.17, 15) is 14.4 Å². The van der Waals surface area contributed by atoms with E-state index in [1.165, 1.54) is 21.9 Å². The van der Waals surface area contributed by atoms with Gasteiger partial charge in [-0.15, -0.1) is 11.3 Å². The lowest BCUT2D eigenvalue weighted by molar-refractivity contribution is -0.155. The molecule has 5 heterocycles. The van der Waals surface area contributed by atoms with Crippen LogP contribution >= 0.6 is 78.8 Å². The van der Waals surface area contributed by atoms with E-state index >= 15 is 0 Å². The Bertz CT molecular complexity index is 1830. The van der Waals surface area contributed by atoms with Gasteiger partial charge in [0.1, 0.15) is 12.1 Å². The number of carbonyl (C=O) groups excluding carboxylic acids is 3. The summed E-state index contributed by atoms with van der Waals surface area (Å²) in [7, 11) is 3.36. The molecule has 0 radical (unpaired) electrons. The summed E-state index contributed by atoms with van der Waals surface area (Å²) in [5, 5.41) is 7.32. The van der Waals surface area contributed by atoms with Crippen LogP contribution in [0.3, 0.4) is 0 Å². The van der Waals surface area contributed by atoms with Crippen LogP contribution in [0, 0.1) is 17.3 Å². The molecule has 324 valence electrons. The number of esters is 1. The van der Waals surface area contributed by atoms with Crippen LogP contribution in [0.1, 0.15) is 87.9 Å².